The van der Waals surface area contributed by atoms with E-state index in [2.05, 4.69) is 27.3 Å². The van der Waals surface area contributed by atoms with E-state index in [0.717, 1.165) is 6.04 Å². The summed E-state index contributed by atoms with van der Waals surface area (Å²) in [7, 11) is -0.850. The summed E-state index contributed by atoms with van der Waals surface area (Å²) in [6.45, 7) is 10.1. The maximum Gasteiger partial charge on any atom is 2.00 e. The van der Waals surface area contributed by atoms with Crippen molar-refractivity contribution < 1.29 is 28.4 Å². The fraction of sp³-hybridized carbons (Fsp3) is 0.833. The van der Waals surface area contributed by atoms with Crippen molar-refractivity contribution in [3.8, 4) is 0 Å². The van der Waals surface area contributed by atoms with Crippen LogP contribution in [0.3, 0.4) is 0 Å². The van der Waals surface area contributed by atoms with E-state index >= 15 is 0 Å². The molecule has 0 heterocycles. The number of halogens is 1. The maximum atomic E-state index is 5.48. The number of hydrogen-bond acceptors (Lipinski definition) is 1. The molecule has 0 spiro atoms. The van der Waals surface area contributed by atoms with E-state index in [1.54, 1.807) is 0 Å². The molecule has 1 unspecified atom stereocenters. The van der Waals surface area contributed by atoms with Gasteiger partial charge >= 0.3 is 23.1 Å². The van der Waals surface area contributed by atoms with Gasteiger partial charge < -0.3 is 35.3 Å². The Kier molecular flexibility index (Phi) is 18.9. The van der Waals surface area contributed by atoms with E-state index in [4.69, 9.17) is 4.43 Å². The van der Waals surface area contributed by atoms with Gasteiger partial charge in [-0.15, -0.1) is 0 Å². The zero-order valence-corrected chi connectivity index (χ0v) is 11.8. The van der Waals surface area contributed by atoms with Crippen molar-refractivity contribution in [2.45, 2.75) is 32.5 Å². The monoisotopic (exact) mass is 282 g/mol. The zero-order valence-electron chi connectivity index (χ0n) is 7.06. The van der Waals surface area contributed by atoms with E-state index in [9.17, 15) is 0 Å². The molecule has 0 saturated heterocycles. The van der Waals surface area contributed by atoms with Crippen molar-refractivity contribution in [1.82, 2.24) is 0 Å². The molecule has 0 rings (SSSR count). The van der Waals surface area contributed by atoms with Crippen LogP contribution in [0.15, 0.2) is 0 Å². The largest absolute Gasteiger partial charge is 2.00 e. The summed E-state index contributed by atoms with van der Waals surface area (Å²) < 4.78 is 5.48. The van der Waals surface area contributed by atoms with Gasteiger partial charge in [0.05, 0.1) is 0 Å². The van der Waals surface area contributed by atoms with Gasteiger partial charge in [-0.1, -0.05) is 6.55 Å². The SMILES string of the molecule is [CH2-]C[SiH](C)OC(C)C.[I-].[Mg+2]. The van der Waals surface area contributed by atoms with Gasteiger partial charge in [-0.2, -0.15) is 6.04 Å². The van der Waals surface area contributed by atoms with Gasteiger partial charge in [-0.3, -0.25) is 0 Å². The summed E-state index contributed by atoms with van der Waals surface area (Å²) in [5.74, 6) is 0. The normalized spacial score (nSPS) is 11.7. The molecule has 4 heteroatoms. The number of rotatable bonds is 3. The Morgan fingerprint density at radius 2 is 1.90 bits per heavy atom. The Morgan fingerprint density at radius 3 is 2.00 bits per heavy atom. The van der Waals surface area contributed by atoms with Crippen LogP contribution in [0.25, 0.3) is 0 Å². The van der Waals surface area contributed by atoms with Gasteiger partial charge in [-0.25, -0.2) is 0 Å². The Bertz CT molecular complexity index is 63.7. The van der Waals surface area contributed by atoms with E-state index < -0.39 is 9.04 Å². The van der Waals surface area contributed by atoms with E-state index in [1.165, 1.54) is 0 Å². The Balaban J connectivity index is -0.000000245. The molecule has 0 aromatic carbocycles. The van der Waals surface area contributed by atoms with Crippen molar-refractivity contribution in [3.05, 3.63) is 6.92 Å². The molecule has 0 N–H and O–H groups in total. The first kappa shape index (κ1) is 17.7. The minimum absolute atomic E-state index is 0. The molecule has 1 atom stereocenters. The zero-order chi connectivity index (χ0) is 6.57. The molecule has 0 saturated carbocycles. The van der Waals surface area contributed by atoms with Gasteiger partial charge in [-0.05, 0) is 13.8 Å². The molecule has 0 aromatic heterocycles. The molecule has 10 heavy (non-hydrogen) atoms. The first-order valence-corrected chi connectivity index (χ1v) is 5.55. The van der Waals surface area contributed by atoms with Crippen LogP contribution in [-0.2, 0) is 4.43 Å². The summed E-state index contributed by atoms with van der Waals surface area (Å²) in [4.78, 5) is 0. The third-order valence-corrected chi connectivity index (χ3v) is 2.73. The van der Waals surface area contributed by atoms with Gasteiger partial charge in [0.2, 0.25) is 0 Å². The fourth-order valence-electron chi connectivity index (χ4n) is 0.533. The Morgan fingerprint density at radius 1 is 1.50 bits per heavy atom. The average Bonchev–Trinajstić information content (AvgIpc) is 1.65. The molecule has 0 fully saturated rings. The predicted octanol–water partition coefficient (Wildman–Crippen LogP) is -1.78. The summed E-state index contributed by atoms with van der Waals surface area (Å²) in [6, 6.07) is 0.998. The van der Waals surface area contributed by atoms with Crippen LogP contribution in [-0.4, -0.2) is 38.2 Å². The fourth-order valence-corrected chi connectivity index (χ4v) is 1.60. The second-order valence-electron chi connectivity index (χ2n) is 2.28. The minimum atomic E-state index is -0.850. The van der Waals surface area contributed by atoms with Crippen LogP contribution in [0.1, 0.15) is 13.8 Å². The van der Waals surface area contributed by atoms with Gasteiger partial charge in [0.15, 0.2) is 0 Å². The molecule has 0 amide bonds. The van der Waals surface area contributed by atoms with Crippen molar-refractivity contribution in [1.29, 1.82) is 0 Å². The van der Waals surface area contributed by atoms with E-state index in [0.29, 0.717) is 6.10 Å². The van der Waals surface area contributed by atoms with Crippen LogP contribution >= 0.6 is 0 Å². The summed E-state index contributed by atoms with van der Waals surface area (Å²) in [5, 5.41) is 0. The van der Waals surface area contributed by atoms with Crippen LogP contribution in [0.4, 0.5) is 0 Å². The van der Waals surface area contributed by atoms with Crippen molar-refractivity contribution in [2.24, 2.45) is 0 Å². The minimum Gasteiger partial charge on any atom is -1.00 e. The van der Waals surface area contributed by atoms with Crippen molar-refractivity contribution in [3.63, 3.8) is 0 Å². The molecule has 0 aliphatic rings. The second-order valence-corrected chi connectivity index (χ2v) is 4.75. The van der Waals surface area contributed by atoms with Crippen LogP contribution < -0.4 is 24.0 Å². The standard InChI is InChI=1S/C6H15OSi.HI.Mg/c1-5-8(4)7-6(2)3;;/h6,8H,1,5H2,2-4H3;1H;/q-1;;+2/p-1. The van der Waals surface area contributed by atoms with Gasteiger partial charge in [0.25, 0.3) is 0 Å². The third-order valence-electron chi connectivity index (χ3n) is 0.911. The molecule has 0 aromatic rings. The predicted molar refractivity (Wildman–Crippen MR) is 45.2 cm³/mol. The molecular weight excluding hydrogens is 267 g/mol. The van der Waals surface area contributed by atoms with Gasteiger partial charge in [0.1, 0.15) is 9.04 Å². The third kappa shape index (κ3) is 12.4. The molecule has 0 aliphatic heterocycles. The first-order valence-electron chi connectivity index (χ1n) is 3.11. The van der Waals surface area contributed by atoms with Crippen molar-refractivity contribution in [2.75, 3.05) is 0 Å². The first-order chi connectivity index (χ1) is 3.66. The summed E-state index contributed by atoms with van der Waals surface area (Å²) in [5.41, 5.74) is 0. The summed E-state index contributed by atoms with van der Waals surface area (Å²) >= 11 is 0. The molecule has 0 bridgehead atoms. The molecule has 0 aliphatic carbocycles. The van der Waals surface area contributed by atoms with E-state index in [1.807, 2.05) is 0 Å². The van der Waals surface area contributed by atoms with E-state index in [-0.39, 0.29) is 47.0 Å². The molecular formula is C6H15IMgOSi. The topological polar surface area (TPSA) is 9.23 Å². The van der Waals surface area contributed by atoms with Crippen molar-refractivity contribution >= 4 is 32.1 Å². The van der Waals surface area contributed by atoms with Gasteiger partial charge in [0, 0.05) is 6.10 Å². The summed E-state index contributed by atoms with van der Waals surface area (Å²) in [6.07, 6.45) is 0.401. The molecule has 0 radical (unpaired) electrons. The maximum absolute atomic E-state index is 5.48. The Hall–Kier alpha value is 1.67. The molecule has 1 nitrogen and oxygen atoms in total. The second kappa shape index (κ2) is 10.7. The van der Waals surface area contributed by atoms with Crippen LogP contribution in [0.5, 0.6) is 0 Å². The quantitative estimate of drug-likeness (QED) is 0.338. The van der Waals surface area contributed by atoms with Crippen LogP contribution in [0, 0.1) is 6.92 Å². The van der Waals surface area contributed by atoms with Crippen LogP contribution in [0.2, 0.25) is 12.6 Å². The molecule has 58 valence electrons. The number of hydrogen-bond donors (Lipinski definition) is 0. The smallest absolute Gasteiger partial charge is 1.00 e. The average molecular weight is 282 g/mol. The Labute approximate surface area is 99.2 Å².